The Morgan fingerprint density at radius 1 is 1.26 bits per heavy atom. The van der Waals surface area contributed by atoms with Crippen LogP contribution >= 0.6 is 0 Å². The predicted molar refractivity (Wildman–Crippen MR) is 102 cm³/mol. The number of aromatic nitrogens is 3. The van der Waals surface area contributed by atoms with Gasteiger partial charge in [-0.25, -0.2) is 4.98 Å². The van der Waals surface area contributed by atoms with E-state index < -0.39 is 0 Å². The van der Waals surface area contributed by atoms with Crippen molar-refractivity contribution in [3.8, 4) is 11.8 Å². The highest BCUT2D eigenvalue weighted by molar-refractivity contribution is 5.54. The van der Waals surface area contributed by atoms with Gasteiger partial charge in [0.2, 0.25) is 5.95 Å². The molecule has 0 radical (unpaired) electrons. The molecule has 2 aromatic rings. The zero-order chi connectivity index (χ0) is 19.1. The van der Waals surface area contributed by atoms with Crippen molar-refractivity contribution >= 4 is 11.8 Å². The summed E-state index contributed by atoms with van der Waals surface area (Å²) in [6, 6.07) is 4.29. The standard InChI is InChI=1S/C19H24N6O2/c1-27-17-8-13(10-21-12-17)6-7-22-19-23-11-14(9-20)18(25-19)24-15-2-4-16(26)5-3-15/h8,10-12,15-16,26H,2-7H2,1H3,(H2,22,23,24,25). The van der Waals surface area contributed by atoms with Gasteiger partial charge < -0.3 is 20.5 Å². The molecular formula is C19H24N6O2. The molecule has 2 heterocycles. The maximum absolute atomic E-state index is 9.63. The van der Waals surface area contributed by atoms with E-state index in [0.29, 0.717) is 23.9 Å². The molecule has 3 rings (SSSR count). The van der Waals surface area contributed by atoms with Gasteiger partial charge in [0, 0.05) is 18.8 Å². The van der Waals surface area contributed by atoms with Crippen LogP contribution < -0.4 is 15.4 Å². The van der Waals surface area contributed by atoms with Gasteiger partial charge in [0.25, 0.3) is 0 Å². The number of hydrogen-bond acceptors (Lipinski definition) is 8. The van der Waals surface area contributed by atoms with E-state index in [4.69, 9.17) is 4.74 Å². The molecule has 1 fully saturated rings. The third kappa shape index (κ3) is 5.28. The van der Waals surface area contributed by atoms with Gasteiger partial charge in [-0.2, -0.15) is 10.2 Å². The molecule has 8 heteroatoms. The topological polar surface area (TPSA) is 116 Å². The first-order valence-corrected chi connectivity index (χ1v) is 9.11. The van der Waals surface area contributed by atoms with E-state index in [0.717, 1.165) is 43.4 Å². The van der Waals surface area contributed by atoms with Gasteiger partial charge in [0.05, 0.1) is 25.6 Å². The van der Waals surface area contributed by atoms with E-state index in [9.17, 15) is 10.4 Å². The number of ether oxygens (including phenoxy) is 1. The van der Waals surface area contributed by atoms with Gasteiger partial charge in [-0.1, -0.05) is 0 Å². The van der Waals surface area contributed by atoms with E-state index in [1.165, 1.54) is 6.20 Å². The van der Waals surface area contributed by atoms with Crippen LogP contribution in [-0.4, -0.2) is 45.9 Å². The summed E-state index contributed by atoms with van der Waals surface area (Å²) in [5.74, 6) is 1.74. The highest BCUT2D eigenvalue weighted by Gasteiger charge is 2.20. The van der Waals surface area contributed by atoms with Crippen molar-refractivity contribution in [3.05, 3.63) is 35.8 Å². The first kappa shape index (κ1) is 18.9. The largest absolute Gasteiger partial charge is 0.495 e. The molecular weight excluding hydrogens is 344 g/mol. The number of anilines is 2. The van der Waals surface area contributed by atoms with Gasteiger partial charge in [0.1, 0.15) is 23.2 Å². The quantitative estimate of drug-likeness (QED) is 0.680. The number of nitriles is 1. The molecule has 2 aromatic heterocycles. The second-order valence-electron chi connectivity index (χ2n) is 6.63. The molecule has 0 bridgehead atoms. The Kier molecular flexibility index (Phi) is 6.39. The van der Waals surface area contributed by atoms with Crippen LogP contribution in [0.1, 0.15) is 36.8 Å². The number of aliphatic hydroxyl groups is 1. The first-order valence-electron chi connectivity index (χ1n) is 9.11. The summed E-state index contributed by atoms with van der Waals surface area (Å²) >= 11 is 0. The van der Waals surface area contributed by atoms with Gasteiger partial charge in [-0.05, 0) is 43.7 Å². The molecule has 0 spiro atoms. The summed E-state index contributed by atoms with van der Waals surface area (Å²) in [6.07, 6.45) is 8.79. The van der Waals surface area contributed by atoms with Crippen LogP contribution in [0.15, 0.2) is 24.7 Å². The molecule has 8 nitrogen and oxygen atoms in total. The average molecular weight is 368 g/mol. The van der Waals surface area contributed by atoms with Gasteiger partial charge in [-0.3, -0.25) is 4.98 Å². The lowest BCUT2D eigenvalue weighted by molar-refractivity contribution is 0.126. The highest BCUT2D eigenvalue weighted by atomic mass is 16.5. The fraction of sp³-hybridized carbons (Fsp3) is 0.474. The van der Waals surface area contributed by atoms with Crippen molar-refractivity contribution in [1.82, 2.24) is 15.0 Å². The Balaban J connectivity index is 1.59. The molecule has 0 unspecified atom stereocenters. The van der Waals surface area contributed by atoms with Crippen molar-refractivity contribution in [2.45, 2.75) is 44.2 Å². The lowest BCUT2D eigenvalue weighted by Gasteiger charge is -2.26. The Bertz CT molecular complexity index is 799. The Labute approximate surface area is 158 Å². The number of aliphatic hydroxyl groups excluding tert-OH is 1. The number of nitrogens with zero attached hydrogens (tertiary/aromatic N) is 4. The normalized spacial score (nSPS) is 19.1. The Morgan fingerprint density at radius 3 is 2.81 bits per heavy atom. The van der Waals surface area contributed by atoms with Crippen molar-refractivity contribution in [2.24, 2.45) is 0 Å². The zero-order valence-corrected chi connectivity index (χ0v) is 15.4. The Morgan fingerprint density at radius 2 is 2.07 bits per heavy atom. The average Bonchev–Trinajstić information content (AvgIpc) is 2.70. The number of methoxy groups -OCH3 is 1. The molecule has 0 aliphatic heterocycles. The SMILES string of the molecule is COc1cncc(CCNc2ncc(C#N)c(NC3CCC(O)CC3)n2)c1. The fourth-order valence-electron chi connectivity index (χ4n) is 3.10. The van der Waals surface area contributed by atoms with E-state index in [1.54, 1.807) is 19.5 Å². The van der Waals surface area contributed by atoms with Gasteiger partial charge >= 0.3 is 0 Å². The third-order valence-electron chi connectivity index (χ3n) is 4.65. The van der Waals surface area contributed by atoms with Crippen molar-refractivity contribution in [3.63, 3.8) is 0 Å². The lowest BCUT2D eigenvalue weighted by Crippen LogP contribution is -2.29. The van der Waals surface area contributed by atoms with Crippen LogP contribution in [0.4, 0.5) is 11.8 Å². The molecule has 27 heavy (non-hydrogen) atoms. The molecule has 0 atom stereocenters. The smallest absolute Gasteiger partial charge is 0.224 e. The molecule has 0 aromatic carbocycles. The van der Waals surface area contributed by atoms with Gasteiger partial charge in [-0.15, -0.1) is 0 Å². The van der Waals surface area contributed by atoms with Crippen molar-refractivity contribution in [2.75, 3.05) is 24.3 Å². The van der Waals surface area contributed by atoms with Crippen molar-refractivity contribution in [1.29, 1.82) is 5.26 Å². The first-order chi connectivity index (χ1) is 13.2. The molecule has 1 aliphatic carbocycles. The van der Waals surface area contributed by atoms with Crippen LogP contribution in [-0.2, 0) is 6.42 Å². The summed E-state index contributed by atoms with van der Waals surface area (Å²) in [5.41, 5.74) is 1.47. The van der Waals surface area contributed by atoms with E-state index in [-0.39, 0.29) is 12.1 Å². The molecule has 1 saturated carbocycles. The second kappa shape index (κ2) is 9.14. The summed E-state index contributed by atoms with van der Waals surface area (Å²) < 4.78 is 5.18. The predicted octanol–water partition coefficient (Wildman–Crippen LogP) is 2.12. The zero-order valence-electron chi connectivity index (χ0n) is 15.4. The Hall–Kier alpha value is -2.92. The van der Waals surface area contributed by atoms with Crippen LogP contribution in [0.25, 0.3) is 0 Å². The van der Waals surface area contributed by atoms with Crippen LogP contribution in [0.2, 0.25) is 0 Å². The highest BCUT2D eigenvalue weighted by Crippen LogP contribution is 2.23. The van der Waals surface area contributed by atoms with Crippen LogP contribution in [0, 0.1) is 11.3 Å². The molecule has 0 amide bonds. The summed E-state index contributed by atoms with van der Waals surface area (Å²) in [6.45, 7) is 0.635. The summed E-state index contributed by atoms with van der Waals surface area (Å²) in [5, 5.41) is 25.5. The molecule has 3 N–H and O–H groups in total. The number of rotatable bonds is 7. The van der Waals surface area contributed by atoms with Gasteiger partial charge in [0.15, 0.2) is 0 Å². The van der Waals surface area contributed by atoms with Crippen LogP contribution in [0.3, 0.4) is 0 Å². The minimum Gasteiger partial charge on any atom is -0.495 e. The maximum Gasteiger partial charge on any atom is 0.224 e. The molecule has 0 saturated heterocycles. The molecule has 1 aliphatic rings. The van der Waals surface area contributed by atoms with Crippen molar-refractivity contribution < 1.29 is 9.84 Å². The summed E-state index contributed by atoms with van der Waals surface area (Å²) in [4.78, 5) is 12.8. The van der Waals surface area contributed by atoms with E-state index in [1.807, 2.05) is 6.07 Å². The molecule has 142 valence electrons. The van der Waals surface area contributed by atoms with E-state index in [2.05, 4.69) is 31.7 Å². The van der Waals surface area contributed by atoms with E-state index >= 15 is 0 Å². The summed E-state index contributed by atoms with van der Waals surface area (Å²) in [7, 11) is 1.62. The second-order valence-corrected chi connectivity index (χ2v) is 6.63. The number of pyridine rings is 1. The maximum atomic E-state index is 9.63. The number of hydrogen-bond donors (Lipinski definition) is 3. The third-order valence-corrected chi connectivity index (χ3v) is 4.65. The number of nitrogens with one attached hydrogen (secondary N) is 2. The fourth-order valence-corrected chi connectivity index (χ4v) is 3.10. The lowest BCUT2D eigenvalue weighted by atomic mass is 9.93. The monoisotopic (exact) mass is 368 g/mol. The van der Waals surface area contributed by atoms with Crippen LogP contribution in [0.5, 0.6) is 5.75 Å². The minimum absolute atomic E-state index is 0.214. The minimum atomic E-state index is -0.216.